The predicted molar refractivity (Wildman–Crippen MR) is 42.7 cm³/mol. The summed E-state index contributed by atoms with van der Waals surface area (Å²) in [4.78, 5) is 10.9. The van der Waals surface area contributed by atoms with Crippen LogP contribution >= 0.6 is 11.3 Å². The summed E-state index contributed by atoms with van der Waals surface area (Å²) in [7, 11) is 1.58. The Morgan fingerprint density at radius 3 is 2.82 bits per heavy atom. The summed E-state index contributed by atoms with van der Waals surface area (Å²) in [6.07, 6.45) is 0.828. The number of amides is 1. The third-order valence-corrected chi connectivity index (χ3v) is 2.26. The number of hydrogen-bond acceptors (Lipinski definition) is 4. The molecule has 1 amide bonds. The van der Waals surface area contributed by atoms with Crippen molar-refractivity contribution in [1.29, 1.82) is 0 Å². The van der Waals surface area contributed by atoms with Crippen molar-refractivity contribution in [2.24, 2.45) is 0 Å². The fourth-order valence-electron chi connectivity index (χ4n) is 0.595. The first-order valence-electron chi connectivity index (χ1n) is 3.32. The lowest BCUT2D eigenvalue weighted by atomic mass is 10.5. The van der Waals surface area contributed by atoms with Crippen molar-refractivity contribution in [3.05, 3.63) is 10.0 Å². The van der Waals surface area contributed by atoms with Gasteiger partial charge in [-0.1, -0.05) is 18.3 Å². The molecule has 5 heteroatoms. The van der Waals surface area contributed by atoms with Crippen molar-refractivity contribution >= 4 is 17.2 Å². The fourth-order valence-corrected chi connectivity index (χ4v) is 1.32. The van der Waals surface area contributed by atoms with E-state index in [2.05, 4.69) is 15.5 Å². The van der Waals surface area contributed by atoms with E-state index >= 15 is 0 Å². The van der Waals surface area contributed by atoms with E-state index in [1.807, 2.05) is 6.92 Å². The van der Waals surface area contributed by atoms with Gasteiger partial charge in [-0.2, -0.15) is 0 Å². The van der Waals surface area contributed by atoms with Gasteiger partial charge in [0.2, 0.25) is 5.01 Å². The van der Waals surface area contributed by atoms with E-state index in [0.29, 0.717) is 5.01 Å². The van der Waals surface area contributed by atoms with Gasteiger partial charge in [0.1, 0.15) is 5.01 Å². The van der Waals surface area contributed by atoms with E-state index in [1.165, 1.54) is 11.3 Å². The summed E-state index contributed by atoms with van der Waals surface area (Å²) in [6.45, 7) is 1.98. The van der Waals surface area contributed by atoms with Crippen LogP contribution in [-0.2, 0) is 6.42 Å². The third-order valence-electron chi connectivity index (χ3n) is 1.19. The largest absolute Gasteiger partial charge is 0.353 e. The highest BCUT2D eigenvalue weighted by atomic mass is 32.1. The second-order valence-electron chi connectivity index (χ2n) is 1.93. The molecule has 0 bridgehead atoms. The van der Waals surface area contributed by atoms with E-state index in [0.717, 1.165) is 11.4 Å². The topological polar surface area (TPSA) is 54.9 Å². The molecule has 0 fully saturated rings. The molecule has 1 rings (SSSR count). The Balaban J connectivity index is 2.80. The predicted octanol–water partition coefficient (Wildman–Crippen LogP) is 0.460. The number of nitrogens with zero attached hydrogens (tertiary/aromatic N) is 2. The van der Waals surface area contributed by atoms with E-state index < -0.39 is 0 Å². The molecule has 0 aliphatic rings. The summed E-state index contributed by atoms with van der Waals surface area (Å²) in [6, 6.07) is 0. The monoisotopic (exact) mass is 171 g/mol. The lowest BCUT2D eigenvalue weighted by Crippen LogP contribution is -2.17. The van der Waals surface area contributed by atoms with Gasteiger partial charge in [0.25, 0.3) is 5.91 Å². The maximum Gasteiger partial charge on any atom is 0.282 e. The minimum absolute atomic E-state index is 0.165. The molecular weight excluding hydrogens is 162 g/mol. The van der Waals surface area contributed by atoms with E-state index in [9.17, 15) is 4.79 Å². The second-order valence-corrected chi connectivity index (χ2v) is 3.00. The summed E-state index contributed by atoms with van der Waals surface area (Å²) >= 11 is 1.33. The quantitative estimate of drug-likeness (QED) is 0.703. The lowest BCUT2D eigenvalue weighted by Gasteiger charge is -1.88. The Hall–Kier alpha value is -0.970. The molecule has 0 saturated carbocycles. The van der Waals surface area contributed by atoms with Crippen molar-refractivity contribution in [3.63, 3.8) is 0 Å². The average Bonchev–Trinajstić information content (AvgIpc) is 2.50. The molecule has 0 atom stereocenters. The number of carbonyl (C=O) groups excluding carboxylic acids is 1. The van der Waals surface area contributed by atoms with Crippen LogP contribution in [0.3, 0.4) is 0 Å². The number of hydrogen-bond donors (Lipinski definition) is 1. The van der Waals surface area contributed by atoms with Crippen molar-refractivity contribution in [2.75, 3.05) is 7.05 Å². The number of rotatable bonds is 2. The molecule has 0 aliphatic heterocycles. The van der Waals surface area contributed by atoms with Gasteiger partial charge in [0.05, 0.1) is 0 Å². The summed E-state index contributed by atoms with van der Waals surface area (Å²) in [5.74, 6) is -0.165. The molecule has 1 aromatic rings. The number of aryl methyl sites for hydroxylation is 1. The number of aromatic nitrogens is 2. The molecular formula is C6H9N3OS. The molecule has 0 unspecified atom stereocenters. The van der Waals surface area contributed by atoms with Gasteiger partial charge in [-0.3, -0.25) is 4.79 Å². The van der Waals surface area contributed by atoms with Crippen molar-refractivity contribution in [3.8, 4) is 0 Å². The maximum atomic E-state index is 10.9. The highest BCUT2D eigenvalue weighted by Crippen LogP contribution is 2.08. The van der Waals surface area contributed by atoms with Crippen molar-refractivity contribution < 1.29 is 4.79 Å². The molecule has 0 aromatic carbocycles. The SMILES string of the molecule is CCc1nnc(C(=O)NC)s1. The van der Waals surface area contributed by atoms with Crippen LogP contribution in [-0.4, -0.2) is 23.2 Å². The van der Waals surface area contributed by atoms with Crippen LogP contribution in [0.1, 0.15) is 21.7 Å². The van der Waals surface area contributed by atoms with Gasteiger partial charge >= 0.3 is 0 Å². The van der Waals surface area contributed by atoms with Gasteiger partial charge in [-0.05, 0) is 6.42 Å². The Kier molecular flexibility index (Phi) is 2.53. The van der Waals surface area contributed by atoms with Gasteiger partial charge in [-0.15, -0.1) is 10.2 Å². The number of carbonyl (C=O) groups is 1. The van der Waals surface area contributed by atoms with Crippen LogP contribution < -0.4 is 5.32 Å². The van der Waals surface area contributed by atoms with Crippen LogP contribution in [0, 0.1) is 0 Å². The molecule has 0 aliphatic carbocycles. The highest BCUT2D eigenvalue weighted by molar-refractivity contribution is 7.13. The maximum absolute atomic E-state index is 10.9. The summed E-state index contributed by atoms with van der Waals surface area (Å²) in [5, 5.41) is 11.3. The molecule has 1 heterocycles. The molecule has 1 N–H and O–H groups in total. The molecule has 0 saturated heterocycles. The molecule has 0 radical (unpaired) electrons. The molecule has 11 heavy (non-hydrogen) atoms. The first-order valence-corrected chi connectivity index (χ1v) is 4.14. The molecule has 4 nitrogen and oxygen atoms in total. The Bertz CT molecular complexity index is 258. The molecule has 0 spiro atoms. The highest BCUT2D eigenvalue weighted by Gasteiger charge is 2.08. The second kappa shape index (κ2) is 3.43. The van der Waals surface area contributed by atoms with Crippen LogP contribution in [0.5, 0.6) is 0 Å². The normalized spacial score (nSPS) is 9.64. The fraction of sp³-hybridized carbons (Fsp3) is 0.500. The van der Waals surface area contributed by atoms with Crippen LogP contribution in [0.4, 0.5) is 0 Å². The Labute approximate surface area is 68.7 Å². The van der Waals surface area contributed by atoms with E-state index in [1.54, 1.807) is 7.05 Å². The van der Waals surface area contributed by atoms with Crippen molar-refractivity contribution in [1.82, 2.24) is 15.5 Å². The molecule has 60 valence electrons. The van der Waals surface area contributed by atoms with Gasteiger partial charge in [0, 0.05) is 7.05 Å². The minimum atomic E-state index is -0.165. The van der Waals surface area contributed by atoms with Gasteiger partial charge in [0.15, 0.2) is 0 Å². The van der Waals surface area contributed by atoms with Gasteiger partial charge < -0.3 is 5.32 Å². The standard InChI is InChI=1S/C6H9N3OS/c1-3-4-8-9-6(11-4)5(10)7-2/h3H2,1-2H3,(H,7,10). The zero-order valence-corrected chi connectivity index (χ0v) is 7.23. The van der Waals surface area contributed by atoms with Crippen LogP contribution in [0.15, 0.2) is 0 Å². The Morgan fingerprint density at radius 2 is 2.36 bits per heavy atom. The van der Waals surface area contributed by atoms with Gasteiger partial charge in [-0.25, -0.2) is 0 Å². The minimum Gasteiger partial charge on any atom is -0.353 e. The zero-order chi connectivity index (χ0) is 8.27. The number of nitrogens with one attached hydrogen (secondary N) is 1. The van der Waals surface area contributed by atoms with E-state index in [4.69, 9.17) is 0 Å². The summed E-state index contributed by atoms with van der Waals surface area (Å²) in [5.41, 5.74) is 0. The Morgan fingerprint density at radius 1 is 1.64 bits per heavy atom. The average molecular weight is 171 g/mol. The van der Waals surface area contributed by atoms with Crippen LogP contribution in [0.2, 0.25) is 0 Å². The first kappa shape index (κ1) is 8.13. The van der Waals surface area contributed by atoms with Crippen LogP contribution in [0.25, 0.3) is 0 Å². The van der Waals surface area contributed by atoms with E-state index in [-0.39, 0.29) is 5.91 Å². The smallest absolute Gasteiger partial charge is 0.282 e. The molecule has 1 aromatic heterocycles. The summed E-state index contributed by atoms with van der Waals surface area (Å²) < 4.78 is 0. The zero-order valence-electron chi connectivity index (χ0n) is 6.42. The lowest BCUT2D eigenvalue weighted by molar-refractivity contribution is 0.0962. The third kappa shape index (κ3) is 1.74. The first-order chi connectivity index (χ1) is 5.27. The van der Waals surface area contributed by atoms with Crippen molar-refractivity contribution in [2.45, 2.75) is 13.3 Å².